The molecule has 0 spiro atoms. The van der Waals surface area contributed by atoms with Crippen LogP contribution in [-0.4, -0.2) is 17.6 Å². The first-order valence-electron chi connectivity index (χ1n) is 4.85. The molecule has 1 heterocycles. The molecule has 0 amide bonds. The molecular formula is C9H10NO6P. The molecule has 0 N–H and O–H groups in total. The van der Waals surface area contributed by atoms with Crippen LogP contribution < -0.4 is 4.52 Å². The molecule has 1 aromatic carbocycles. The summed E-state index contributed by atoms with van der Waals surface area (Å²) in [6, 6.07) is 5.18. The molecule has 2 rings (SSSR count). The lowest BCUT2D eigenvalue weighted by molar-refractivity contribution is -0.384. The number of nitro groups is 1. The van der Waals surface area contributed by atoms with Gasteiger partial charge in [-0.05, 0) is 19.1 Å². The maximum Gasteiger partial charge on any atom is 0.530 e. The number of hydrogen-bond donors (Lipinski definition) is 0. The average Bonchev–Trinajstić information content (AvgIpc) is 2.59. The Morgan fingerprint density at radius 1 is 1.47 bits per heavy atom. The lowest BCUT2D eigenvalue weighted by atomic mass is 10.3. The minimum Gasteiger partial charge on any atom is -0.404 e. The van der Waals surface area contributed by atoms with Crippen LogP contribution in [0.25, 0.3) is 0 Å². The quantitative estimate of drug-likeness (QED) is 0.470. The predicted octanol–water partition coefficient (Wildman–Crippen LogP) is 2.52. The van der Waals surface area contributed by atoms with Crippen LogP contribution in [0.3, 0.4) is 0 Å². The SMILES string of the molecule is CC1COP(=O)(Oc2ccc([N+](=O)[O-])cc2)O1. The summed E-state index contributed by atoms with van der Waals surface area (Å²) >= 11 is 0. The molecule has 1 aromatic rings. The van der Waals surface area contributed by atoms with Crippen molar-refractivity contribution in [3.05, 3.63) is 34.4 Å². The highest BCUT2D eigenvalue weighted by Gasteiger charge is 2.38. The summed E-state index contributed by atoms with van der Waals surface area (Å²) in [7, 11) is -3.56. The first-order chi connectivity index (χ1) is 7.98. The van der Waals surface area contributed by atoms with E-state index < -0.39 is 12.7 Å². The van der Waals surface area contributed by atoms with Gasteiger partial charge in [0, 0.05) is 12.1 Å². The first-order valence-corrected chi connectivity index (χ1v) is 6.32. The minimum absolute atomic E-state index is 0.0720. The van der Waals surface area contributed by atoms with Crippen LogP contribution in [-0.2, 0) is 13.6 Å². The average molecular weight is 259 g/mol. The second-order valence-corrected chi connectivity index (χ2v) is 5.05. The van der Waals surface area contributed by atoms with Crippen molar-refractivity contribution >= 4 is 13.5 Å². The Kier molecular flexibility index (Phi) is 3.15. The third-order valence-electron chi connectivity index (χ3n) is 2.04. The molecule has 92 valence electrons. The number of phosphoric ester groups is 1. The van der Waals surface area contributed by atoms with Crippen molar-refractivity contribution in [3.8, 4) is 5.75 Å². The van der Waals surface area contributed by atoms with E-state index in [-0.39, 0.29) is 24.1 Å². The van der Waals surface area contributed by atoms with Crippen LogP contribution in [0.4, 0.5) is 5.69 Å². The van der Waals surface area contributed by atoms with Gasteiger partial charge in [-0.25, -0.2) is 4.57 Å². The molecule has 1 saturated heterocycles. The van der Waals surface area contributed by atoms with E-state index in [1.807, 2.05) is 0 Å². The third kappa shape index (κ3) is 2.82. The predicted molar refractivity (Wildman–Crippen MR) is 57.8 cm³/mol. The molecule has 2 atom stereocenters. The van der Waals surface area contributed by atoms with Gasteiger partial charge in [0.25, 0.3) is 5.69 Å². The van der Waals surface area contributed by atoms with Crippen LogP contribution in [0.15, 0.2) is 24.3 Å². The van der Waals surface area contributed by atoms with Gasteiger partial charge in [-0.1, -0.05) is 0 Å². The molecule has 0 aromatic heterocycles. The number of non-ortho nitro benzene ring substituents is 1. The monoisotopic (exact) mass is 259 g/mol. The summed E-state index contributed by atoms with van der Waals surface area (Å²) in [6.45, 7) is 1.91. The largest absolute Gasteiger partial charge is 0.530 e. The number of hydrogen-bond acceptors (Lipinski definition) is 6. The van der Waals surface area contributed by atoms with Crippen LogP contribution >= 0.6 is 7.82 Å². The zero-order valence-corrected chi connectivity index (χ0v) is 9.83. The summed E-state index contributed by atoms with van der Waals surface area (Å²) in [4.78, 5) is 9.89. The van der Waals surface area contributed by atoms with E-state index in [0.29, 0.717) is 0 Å². The zero-order chi connectivity index (χ0) is 12.5. The molecular weight excluding hydrogens is 249 g/mol. The Hall–Kier alpha value is -1.43. The number of nitrogens with zero attached hydrogens (tertiary/aromatic N) is 1. The highest BCUT2D eigenvalue weighted by molar-refractivity contribution is 7.49. The lowest BCUT2D eigenvalue weighted by Crippen LogP contribution is -2.00. The fraction of sp³-hybridized carbons (Fsp3) is 0.333. The smallest absolute Gasteiger partial charge is 0.404 e. The van der Waals surface area contributed by atoms with Gasteiger partial charge in [-0.2, -0.15) is 0 Å². The van der Waals surface area contributed by atoms with Crippen molar-refractivity contribution < 1.29 is 23.1 Å². The Bertz CT molecular complexity index is 473. The topological polar surface area (TPSA) is 87.9 Å². The highest BCUT2D eigenvalue weighted by atomic mass is 31.2. The summed E-state index contributed by atoms with van der Waals surface area (Å²) in [6.07, 6.45) is -0.293. The number of rotatable bonds is 3. The van der Waals surface area contributed by atoms with Gasteiger partial charge in [0.15, 0.2) is 0 Å². The molecule has 1 aliphatic rings. The standard InChI is InChI=1S/C9H10NO6P/c1-7-6-14-17(13,15-7)16-9-4-2-8(3-5-9)10(11)12/h2-5,7H,6H2,1H3. The molecule has 0 aliphatic carbocycles. The number of phosphoric acid groups is 1. The number of benzene rings is 1. The summed E-state index contributed by atoms with van der Waals surface area (Å²) in [5, 5.41) is 10.4. The van der Waals surface area contributed by atoms with Crippen molar-refractivity contribution in [3.63, 3.8) is 0 Å². The van der Waals surface area contributed by atoms with E-state index in [9.17, 15) is 14.7 Å². The highest BCUT2D eigenvalue weighted by Crippen LogP contribution is 2.54. The van der Waals surface area contributed by atoms with E-state index in [4.69, 9.17) is 13.6 Å². The van der Waals surface area contributed by atoms with Crippen molar-refractivity contribution in [2.24, 2.45) is 0 Å². The van der Waals surface area contributed by atoms with Crippen LogP contribution in [0.2, 0.25) is 0 Å². The van der Waals surface area contributed by atoms with Crippen LogP contribution in [0.1, 0.15) is 6.92 Å². The molecule has 0 bridgehead atoms. The molecule has 2 unspecified atom stereocenters. The maximum atomic E-state index is 11.8. The van der Waals surface area contributed by atoms with Crippen molar-refractivity contribution in [1.29, 1.82) is 0 Å². The van der Waals surface area contributed by atoms with E-state index in [1.165, 1.54) is 24.3 Å². The second-order valence-electron chi connectivity index (χ2n) is 3.50. The molecule has 0 radical (unpaired) electrons. The van der Waals surface area contributed by atoms with Gasteiger partial charge >= 0.3 is 7.82 Å². The maximum absolute atomic E-state index is 11.8. The van der Waals surface area contributed by atoms with E-state index in [0.717, 1.165) is 0 Å². The summed E-state index contributed by atoms with van der Waals surface area (Å²) in [5.74, 6) is 0.202. The molecule has 1 aliphatic heterocycles. The van der Waals surface area contributed by atoms with Crippen molar-refractivity contribution in [2.75, 3.05) is 6.61 Å². The molecule has 17 heavy (non-hydrogen) atoms. The number of nitro benzene ring substituents is 1. The first kappa shape index (κ1) is 12.0. The Morgan fingerprint density at radius 3 is 2.59 bits per heavy atom. The molecule has 8 heteroatoms. The second kappa shape index (κ2) is 4.44. The van der Waals surface area contributed by atoms with Gasteiger partial charge in [0.05, 0.1) is 17.6 Å². The van der Waals surface area contributed by atoms with Gasteiger partial charge < -0.3 is 4.52 Å². The Labute approximate surface area is 97.1 Å². The zero-order valence-electron chi connectivity index (χ0n) is 8.94. The normalized spacial score (nSPS) is 27.9. The molecule has 0 saturated carbocycles. The molecule has 7 nitrogen and oxygen atoms in total. The summed E-state index contributed by atoms with van der Waals surface area (Å²) < 4.78 is 26.8. The van der Waals surface area contributed by atoms with E-state index in [1.54, 1.807) is 6.92 Å². The summed E-state index contributed by atoms with van der Waals surface area (Å²) in [5.41, 5.74) is -0.0720. The van der Waals surface area contributed by atoms with Crippen molar-refractivity contribution in [1.82, 2.24) is 0 Å². The Morgan fingerprint density at radius 2 is 2.12 bits per heavy atom. The van der Waals surface area contributed by atoms with Crippen LogP contribution in [0.5, 0.6) is 5.75 Å². The van der Waals surface area contributed by atoms with Gasteiger partial charge in [0.1, 0.15) is 5.75 Å². The van der Waals surface area contributed by atoms with Crippen LogP contribution in [0, 0.1) is 10.1 Å². The lowest BCUT2D eigenvalue weighted by Gasteiger charge is -2.10. The molecule has 1 fully saturated rings. The van der Waals surface area contributed by atoms with E-state index >= 15 is 0 Å². The third-order valence-corrected chi connectivity index (χ3v) is 3.56. The Balaban J connectivity index is 2.09. The minimum atomic E-state index is -3.56. The van der Waals surface area contributed by atoms with E-state index in [2.05, 4.69) is 0 Å². The van der Waals surface area contributed by atoms with Crippen molar-refractivity contribution in [2.45, 2.75) is 13.0 Å². The van der Waals surface area contributed by atoms with Gasteiger partial charge in [-0.15, -0.1) is 0 Å². The van der Waals surface area contributed by atoms with Gasteiger partial charge in [-0.3, -0.25) is 19.2 Å². The fourth-order valence-electron chi connectivity index (χ4n) is 1.28. The fourth-order valence-corrected chi connectivity index (χ4v) is 2.71. The van der Waals surface area contributed by atoms with Gasteiger partial charge in [0.2, 0.25) is 0 Å².